The van der Waals surface area contributed by atoms with Crippen molar-refractivity contribution in [2.75, 3.05) is 33.8 Å². The van der Waals surface area contributed by atoms with E-state index in [1.54, 1.807) is 0 Å². The predicted molar refractivity (Wildman–Crippen MR) is 106 cm³/mol. The van der Waals surface area contributed by atoms with Crippen LogP contribution >= 0.6 is 0 Å². The number of likely N-dealkylation sites (N-methyl/N-ethyl adjacent to an activating group) is 2. The Balaban J connectivity index is 2.44. The third kappa shape index (κ3) is 7.05. The van der Waals surface area contributed by atoms with Crippen molar-refractivity contribution < 1.29 is 47.4 Å². The van der Waals surface area contributed by atoms with Gasteiger partial charge in [-0.1, -0.05) is 0 Å². The normalized spacial score (nSPS) is 28.2. The molecule has 174 valence electrons. The van der Waals surface area contributed by atoms with Gasteiger partial charge in [0.05, 0.1) is 0 Å². The zero-order valence-electron chi connectivity index (χ0n) is 18.5. The van der Waals surface area contributed by atoms with Crippen molar-refractivity contribution in [2.45, 2.75) is 56.3 Å². The first-order valence-corrected chi connectivity index (χ1v) is 12.3. The maximum absolute atomic E-state index is 11.9. The second-order valence-electron chi connectivity index (χ2n) is 7.31. The Morgan fingerprint density at radius 1 is 0.968 bits per heavy atom. The van der Waals surface area contributed by atoms with Crippen LogP contribution in [0.1, 0.15) is 27.7 Å². The standard InChI is InChI=1S/C19H29N2O9Te/c1-10(22)26-9-14-15(27-11(2)23)16(28-12(3)24)17(29-13(4)25)18(30-14)31-19-20(5)7-8-21(19)6/h14-18H,7-9H2,1-6H3/q+1. The van der Waals surface area contributed by atoms with Crippen LogP contribution in [-0.4, -0.2) is 121 Å². The van der Waals surface area contributed by atoms with Crippen LogP contribution in [0.15, 0.2) is 0 Å². The molecule has 5 unspecified atom stereocenters. The van der Waals surface area contributed by atoms with Gasteiger partial charge in [0.2, 0.25) is 0 Å². The molecule has 0 aliphatic carbocycles. The molecule has 0 N–H and O–H groups in total. The fraction of sp³-hybridized carbons (Fsp3) is 0.737. The van der Waals surface area contributed by atoms with Gasteiger partial charge in [0.25, 0.3) is 0 Å². The number of carbonyl (C=O) groups is 4. The van der Waals surface area contributed by atoms with Crippen molar-refractivity contribution in [1.29, 1.82) is 0 Å². The van der Waals surface area contributed by atoms with Crippen molar-refractivity contribution in [1.82, 2.24) is 4.90 Å². The Morgan fingerprint density at radius 3 is 2.00 bits per heavy atom. The van der Waals surface area contributed by atoms with E-state index in [-0.39, 0.29) is 6.61 Å². The molecule has 12 heteroatoms. The number of carbonyl (C=O) groups excluding carboxylic acids is 4. The molecule has 0 spiro atoms. The van der Waals surface area contributed by atoms with E-state index in [2.05, 4.69) is 9.48 Å². The summed E-state index contributed by atoms with van der Waals surface area (Å²) in [6.07, 6.45) is -4.08. The average Bonchev–Trinajstić information content (AvgIpc) is 2.95. The number of hydrogen-bond acceptors (Lipinski definition) is 10. The molecule has 1 saturated heterocycles. The first-order chi connectivity index (χ1) is 14.5. The Bertz CT molecular complexity index is 757. The maximum atomic E-state index is 11.9. The average molecular weight is 557 g/mol. The van der Waals surface area contributed by atoms with E-state index in [4.69, 9.17) is 23.7 Å². The van der Waals surface area contributed by atoms with Crippen LogP contribution < -0.4 is 0 Å². The van der Waals surface area contributed by atoms with Gasteiger partial charge in [-0.25, -0.2) is 0 Å². The van der Waals surface area contributed by atoms with Crippen molar-refractivity contribution in [3.63, 3.8) is 0 Å². The van der Waals surface area contributed by atoms with Crippen molar-refractivity contribution in [3.05, 3.63) is 0 Å². The Hall–Kier alpha value is -1.90. The Kier molecular flexibility index (Phi) is 9.09. The number of amidine groups is 1. The summed E-state index contributed by atoms with van der Waals surface area (Å²) in [6.45, 7) is 6.40. The molecule has 0 aromatic carbocycles. The van der Waals surface area contributed by atoms with Gasteiger partial charge in [-0.3, -0.25) is 0 Å². The molecule has 1 fully saturated rings. The molecule has 11 nitrogen and oxygen atoms in total. The van der Waals surface area contributed by atoms with Crippen molar-refractivity contribution in [3.8, 4) is 0 Å². The summed E-state index contributed by atoms with van der Waals surface area (Å²) in [5.74, 6) is -2.38. The predicted octanol–water partition coefficient (Wildman–Crippen LogP) is -1.28. The first-order valence-electron chi connectivity index (χ1n) is 9.76. The van der Waals surface area contributed by atoms with E-state index in [0.29, 0.717) is 0 Å². The fourth-order valence-electron chi connectivity index (χ4n) is 3.35. The van der Waals surface area contributed by atoms with Gasteiger partial charge in [0.1, 0.15) is 0 Å². The van der Waals surface area contributed by atoms with E-state index in [0.717, 1.165) is 17.0 Å². The van der Waals surface area contributed by atoms with Gasteiger partial charge in [-0.05, 0) is 0 Å². The second-order valence-corrected chi connectivity index (χ2v) is 10.4. The van der Waals surface area contributed by atoms with E-state index >= 15 is 0 Å². The molecule has 0 saturated carbocycles. The summed E-state index contributed by atoms with van der Waals surface area (Å²) < 4.78 is 30.3. The second kappa shape index (κ2) is 11.1. The summed E-state index contributed by atoms with van der Waals surface area (Å²) in [5.41, 5.74) is 0. The molecule has 2 heterocycles. The minimum atomic E-state index is -1.13. The third-order valence-electron chi connectivity index (χ3n) is 4.59. The van der Waals surface area contributed by atoms with E-state index < -0.39 is 73.4 Å². The SMILES string of the molecule is CC(=O)OCC1OC([Te]C2=[N+](C)CCN2C)C(OC(C)=O)C(OC(C)=O)C1OC(C)=O. The van der Waals surface area contributed by atoms with Crippen LogP contribution in [0.2, 0.25) is 0 Å². The number of rotatable bonds is 7. The molecule has 0 radical (unpaired) electrons. The number of nitrogens with zero attached hydrogens (tertiary/aromatic N) is 2. The topological polar surface area (TPSA) is 121 Å². The molecule has 0 bridgehead atoms. The molecule has 0 amide bonds. The number of ether oxygens (including phenoxy) is 5. The van der Waals surface area contributed by atoms with Gasteiger partial charge in [0.15, 0.2) is 0 Å². The summed E-state index contributed by atoms with van der Waals surface area (Å²) in [6, 6.07) is 0. The van der Waals surface area contributed by atoms with Crippen LogP contribution in [0.4, 0.5) is 0 Å². The minimum absolute atomic E-state index is 0.206. The molecule has 5 atom stereocenters. The third-order valence-corrected chi connectivity index (χ3v) is 8.72. The monoisotopic (exact) mass is 559 g/mol. The van der Waals surface area contributed by atoms with Crippen LogP contribution in [0, 0.1) is 0 Å². The molecule has 0 aromatic rings. The molecule has 0 aromatic heterocycles. The summed E-state index contributed by atoms with van der Waals surface area (Å²) in [7, 11) is 3.93. The van der Waals surface area contributed by atoms with E-state index in [1.165, 1.54) is 27.7 Å². The van der Waals surface area contributed by atoms with Crippen molar-refractivity contribution in [2.24, 2.45) is 0 Å². The van der Waals surface area contributed by atoms with Crippen molar-refractivity contribution >= 4 is 48.7 Å². The summed E-state index contributed by atoms with van der Waals surface area (Å²) in [4.78, 5) is 49.0. The number of hydrogen-bond donors (Lipinski definition) is 0. The summed E-state index contributed by atoms with van der Waals surface area (Å²) >= 11 is -1.13. The zero-order chi connectivity index (χ0) is 23.3. The molecule has 31 heavy (non-hydrogen) atoms. The van der Waals surface area contributed by atoms with Gasteiger partial charge in [-0.15, -0.1) is 0 Å². The first kappa shape index (κ1) is 25.4. The zero-order valence-corrected chi connectivity index (χ0v) is 20.8. The molecular formula is C19H29N2O9Te+. The summed E-state index contributed by atoms with van der Waals surface area (Å²) in [5, 5.41) is 0. The van der Waals surface area contributed by atoms with Crippen LogP contribution in [-0.2, 0) is 42.9 Å². The van der Waals surface area contributed by atoms with E-state index in [1.807, 2.05) is 14.1 Å². The van der Waals surface area contributed by atoms with Gasteiger partial charge >= 0.3 is 191 Å². The molecule has 2 aliphatic heterocycles. The molecular weight excluding hydrogens is 528 g/mol. The quantitative estimate of drug-likeness (QED) is 0.162. The Labute approximate surface area is 191 Å². The molecule has 2 aliphatic rings. The van der Waals surface area contributed by atoms with Crippen LogP contribution in [0.5, 0.6) is 0 Å². The molecule has 2 rings (SSSR count). The van der Waals surface area contributed by atoms with Crippen LogP contribution in [0.25, 0.3) is 0 Å². The van der Waals surface area contributed by atoms with Gasteiger partial charge in [0, 0.05) is 0 Å². The van der Waals surface area contributed by atoms with Gasteiger partial charge in [-0.2, -0.15) is 0 Å². The number of esters is 4. The van der Waals surface area contributed by atoms with Crippen LogP contribution in [0.3, 0.4) is 0 Å². The Morgan fingerprint density at radius 2 is 1.52 bits per heavy atom. The van der Waals surface area contributed by atoms with E-state index in [9.17, 15) is 19.2 Å². The van der Waals surface area contributed by atoms with Gasteiger partial charge < -0.3 is 0 Å². The fourth-order valence-corrected chi connectivity index (χ4v) is 7.04.